The zero-order valence-corrected chi connectivity index (χ0v) is 21.5. The Morgan fingerprint density at radius 1 is 1.03 bits per heavy atom. The Labute approximate surface area is 217 Å². The molecule has 1 saturated carbocycles. The number of benzene rings is 3. The van der Waals surface area contributed by atoms with Crippen molar-refractivity contribution in [1.82, 2.24) is 0 Å². The SMILES string of the molecule is N#CC1(c2cc(NS(=O)(=O)c3cc(Br)ccc3O)c(O)c(C(=O)Oc3ccccc3)c2)CCCCC1. The Balaban J connectivity index is 1.83. The summed E-state index contributed by atoms with van der Waals surface area (Å²) in [5.41, 5.74) is -1.13. The number of nitriles is 1. The molecule has 1 aliphatic carbocycles. The first-order valence-electron chi connectivity index (χ1n) is 11.2. The maximum Gasteiger partial charge on any atom is 0.347 e. The summed E-state index contributed by atoms with van der Waals surface area (Å²) in [7, 11) is -4.39. The molecule has 3 aromatic rings. The first-order chi connectivity index (χ1) is 17.1. The maximum absolute atomic E-state index is 13.2. The lowest BCUT2D eigenvalue weighted by Crippen LogP contribution is -2.28. The summed E-state index contributed by atoms with van der Waals surface area (Å²) in [5.74, 6) is -1.82. The minimum absolute atomic E-state index is 0.237. The van der Waals surface area contributed by atoms with E-state index in [4.69, 9.17) is 4.74 Å². The number of nitrogens with one attached hydrogen (secondary N) is 1. The van der Waals surface area contributed by atoms with Gasteiger partial charge in [-0.25, -0.2) is 13.2 Å². The van der Waals surface area contributed by atoms with E-state index in [2.05, 4.69) is 26.7 Å². The molecule has 3 aromatic carbocycles. The normalized spacial score (nSPS) is 15.0. The molecule has 0 aromatic heterocycles. The number of aromatic hydroxyl groups is 2. The van der Waals surface area contributed by atoms with Gasteiger partial charge in [-0.05, 0) is 60.9 Å². The summed E-state index contributed by atoms with van der Waals surface area (Å²) in [6.07, 6.45) is 3.61. The largest absolute Gasteiger partial charge is 0.507 e. The van der Waals surface area contributed by atoms with Crippen LogP contribution in [0.25, 0.3) is 0 Å². The van der Waals surface area contributed by atoms with Gasteiger partial charge >= 0.3 is 5.97 Å². The van der Waals surface area contributed by atoms with E-state index in [-0.39, 0.29) is 17.0 Å². The van der Waals surface area contributed by atoms with Crippen LogP contribution in [-0.4, -0.2) is 24.6 Å². The molecule has 0 spiro atoms. The quantitative estimate of drug-likeness (QED) is 0.199. The number of carbonyl (C=O) groups is 1. The van der Waals surface area contributed by atoms with Gasteiger partial charge in [0.05, 0.1) is 17.2 Å². The molecule has 0 amide bonds. The molecule has 186 valence electrons. The fourth-order valence-corrected chi connectivity index (χ4v) is 6.01. The summed E-state index contributed by atoms with van der Waals surface area (Å²) < 4.78 is 34.4. The predicted molar refractivity (Wildman–Crippen MR) is 136 cm³/mol. The van der Waals surface area contributed by atoms with E-state index < -0.39 is 37.8 Å². The molecule has 3 N–H and O–H groups in total. The van der Waals surface area contributed by atoms with Crippen LogP contribution in [0.2, 0.25) is 0 Å². The van der Waals surface area contributed by atoms with Crippen molar-refractivity contribution in [3.05, 3.63) is 76.3 Å². The molecule has 1 fully saturated rings. The first kappa shape index (κ1) is 25.5. The number of rotatable bonds is 6. The molecule has 10 heteroatoms. The van der Waals surface area contributed by atoms with Gasteiger partial charge in [-0.15, -0.1) is 0 Å². The second-order valence-corrected chi connectivity index (χ2v) is 11.2. The van der Waals surface area contributed by atoms with Crippen molar-refractivity contribution in [2.45, 2.75) is 42.4 Å². The topological polar surface area (TPSA) is 137 Å². The van der Waals surface area contributed by atoms with Crippen LogP contribution in [0.4, 0.5) is 5.69 Å². The minimum atomic E-state index is -4.39. The molecular formula is C26H23BrN2O6S. The molecule has 1 aliphatic rings. The number of para-hydroxylation sites is 1. The average molecular weight is 571 g/mol. The average Bonchev–Trinajstić information content (AvgIpc) is 2.87. The summed E-state index contributed by atoms with van der Waals surface area (Å²) in [4.78, 5) is 12.6. The molecule has 0 aliphatic heterocycles. The highest BCUT2D eigenvalue weighted by Crippen LogP contribution is 2.43. The van der Waals surface area contributed by atoms with Crippen LogP contribution in [0.1, 0.15) is 48.0 Å². The van der Waals surface area contributed by atoms with Crippen LogP contribution in [0.3, 0.4) is 0 Å². The van der Waals surface area contributed by atoms with Gasteiger partial charge in [0, 0.05) is 4.47 Å². The first-order valence-corrected chi connectivity index (χ1v) is 13.5. The lowest BCUT2D eigenvalue weighted by atomic mass is 9.70. The van der Waals surface area contributed by atoms with Gasteiger partial charge in [0.25, 0.3) is 10.0 Å². The third-order valence-corrected chi connectivity index (χ3v) is 8.10. The molecule has 0 saturated heterocycles. The van der Waals surface area contributed by atoms with Gasteiger partial charge in [-0.3, -0.25) is 4.72 Å². The highest BCUT2D eigenvalue weighted by atomic mass is 79.9. The van der Waals surface area contributed by atoms with Gasteiger partial charge in [0.15, 0.2) is 5.75 Å². The summed E-state index contributed by atoms with van der Waals surface area (Å²) >= 11 is 3.18. The smallest absolute Gasteiger partial charge is 0.347 e. The highest BCUT2D eigenvalue weighted by molar-refractivity contribution is 9.10. The third kappa shape index (κ3) is 5.17. The number of ether oxygens (including phenoxy) is 1. The molecule has 0 radical (unpaired) electrons. The number of hydrogen-bond acceptors (Lipinski definition) is 7. The Kier molecular flexibility index (Phi) is 7.24. The van der Waals surface area contributed by atoms with E-state index in [1.807, 2.05) is 0 Å². The zero-order valence-electron chi connectivity index (χ0n) is 19.1. The lowest BCUT2D eigenvalue weighted by Gasteiger charge is -2.32. The summed E-state index contributed by atoms with van der Waals surface area (Å²) in [6, 6.07) is 17.2. The number of halogens is 1. The monoisotopic (exact) mass is 570 g/mol. The molecule has 0 heterocycles. The van der Waals surface area contributed by atoms with Crippen molar-refractivity contribution in [3.8, 4) is 23.3 Å². The number of anilines is 1. The zero-order chi connectivity index (χ0) is 25.9. The fourth-order valence-electron chi connectivity index (χ4n) is 4.32. The Hall–Kier alpha value is -3.55. The van der Waals surface area contributed by atoms with Crippen LogP contribution in [0.5, 0.6) is 17.2 Å². The number of hydrogen-bond donors (Lipinski definition) is 3. The van der Waals surface area contributed by atoms with Crippen molar-refractivity contribution in [2.24, 2.45) is 0 Å². The van der Waals surface area contributed by atoms with Crippen LogP contribution in [0, 0.1) is 11.3 Å². The predicted octanol–water partition coefficient (Wildman–Crippen LogP) is 5.61. The molecule has 36 heavy (non-hydrogen) atoms. The Bertz CT molecular complexity index is 1450. The maximum atomic E-state index is 13.2. The van der Waals surface area contributed by atoms with Crippen LogP contribution in [-0.2, 0) is 15.4 Å². The van der Waals surface area contributed by atoms with E-state index in [9.17, 15) is 28.7 Å². The minimum Gasteiger partial charge on any atom is -0.507 e. The van der Waals surface area contributed by atoms with E-state index in [1.54, 1.807) is 30.3 Å². The van der Waals surface area contributed by atoms with E-state index in [1.165, 1.54) is 30.3 Å². The van der Waals surface area contributed by atoms with Crippen LogP contribution in [0.15, 0.2) is 70.0 Å². The van der Waals surface area contributed by atoms with Gasteiger partial charge in [0.2, 0.25) is 0 Å². The van der Waals surface area contributed by atoms with Crippen LogP contribution >= 0.6 is 15.9 Å². The van der Waals surface area contributed by atoms with E-state index >= 15 is 0 Å². The van der Waals surface area contributed by atoms with Gasteiger partial charge in [-0.2, -0.15) is 5.26 Å². The van der Waals surface area contributed by atoms with Crippen molar-refractivity contribution in [1.29, 1.82) is 5.26 Å². The van der Waals surface area contributed by atoms with Crippen molar-refractivity contribution in [3.63, 3.8) is 0 Å². The van der Waals surface area contributed by atoms with Crippen LogP contribution < -0.4 is 9.46 Å². The Morgan fingerprint density at radius 3 is 2.39 bits per heavy atom. The third-order valence-electron chi connectivity index (χ3n) is 6.21. The molecule has 4 rings (SSSR count). The van der Waals surface area contributed by atoms with E-state index in [0.29, 0.717) is 22.9 Å². The molecular weight excluding hydrogens is 548 g/mol. The summed E-state index contributed by atoms with van der Waals surface area (Å²) in [6.45, 7) is 0. The summed E-state index contributed by atoms with van der Waals surface area (Å²) in [5, 5.41) is 31.2. The van der Waals surface area contributed by atoms with Gasteiger partial charge < -0.3 is 14.9 Å². The standard InChI is InChI=1S/C26H23BrN2O6S/c27-18-9-10-22(30)23(15-18)36(33,34)29-21-14-17(26(16-28)11-5-2-6-12-26)13-20(24(21)31)25(32)35-19-7-3-1-4-8-19/h1,3-4,7-10,13-15,29-31H,2,5-6,11-12H2. The van der Waals surface area contributed by atoms with Crippen molar-refractivity contribution in [2.75, 3.05) is 4.72 Å². The number of phenolic OH excluding ortho intramolecular Hbond substituents is 2. The molecule has 8 nitrogen and oxygen atoms in total. The second-order valence-electron chi connectivity index (χ2n) is 8.59. The number of carbonyl (C=O) groups excluding carboxylic acids is 1. The van der Waals surface area contributed by atoms with Crippen molar-refractivity contribution < 1.29 is 28.2 Å². The molecule has 0 bridgehead atoms. The van der Waals surface area contributed by atoms with E-state index in [0.717, 1.165) is 19.3 Å². The van der Waals surface area contributed by atoms with Gasteiger partial charge in [0.1, 0.15) is 22.0 Å². The fraction of sp³-hybridized carbons (Fsp3) is 0.231. The molecule has 0 atom stereocenters. The Morgan fingerprint density at radius 2 is 1.72 bits per heavy atom. The number of phenols is 2. The van der Waals surface area contributed by atoms with Gasteiger partial charge in [-0.1, -0.05) is 53.4 Å². The number of nitrogens with zero attached hydrogens (tertiary/aromatic N) is 1. The highest BCUT2D eigenvalue weighted by Gasteiger charge is 2.36. The number of esters is 1. The number of sulfonamides is 1. The second kappa shape index (κ2) is 10.2. The van der Waals surface area contributed by atoms with Crippen molar-refractivity contribution >= 4 is 37.6 Å². The molecule has 0 unspecified atom stereocenters. The lowest BCUT2D eigenvalue weighted by molar-refractivity contribution is 0.0731.